The van der Waals surface area contributed by atoms with Gasteiger partial charge in [0.2, 0.25) is 5.91 Å². The lowest BCUT2D eigenvalue weighted by Gasteiger charge is -2.59. The summed E-state index contributed by atoms with van der Waals surface area (Å²) in [6.07, 6.45) is 1.26. The molecule has 1 N–H and O–H groups in total. The van der Waals surface area contributed by atoms with Crippen molar-refractivity contribution in [1.82, 2.24) is 4.90 Å². The fourth-order valence-corrected chi connectivity index (χ4v) is 5.45. The number of benzene rings is 3. The van der Waals surface area contributed by atoms with Gasteiger partial charge in [0.25, 0.3) is 0 Å². The number of amides is 3. The van der Waals surface area contributed by atoms with E-state index in [-0.39, 0.29) is 18.0 Å². The van der Waals surface area contributed by atoms with Crippen LogP contribution >= 0.6 is 11.6 Å². The number of aryl methyl sites for hydroxylation is 1. The van der Waals surface area contributed by atoms with E-state index in [0.29, 0.717) is 36.6 Å². The standard InChI is InChI=1S/C27H26ClN3O2/c1-19-9-8-14-22(28)23(19)29-26(33)30-17-15-27(16-18-30)24(20-10-4-2-5-11-20)31(25(27)32)21-12-6-3-7-13-21/h2-14,24H,15-18H2,1H3,(H,29,33). The summed E-state index contributed by atoms with van der Waals surface area (Å²) < 4.78 is 0. The smallest absolute Gasteiger partial charge is 0.321 e. The summed E-state index contributed by atoms with van der Waals surface area (Å²) in [4.78, 5) is 30.2. The van der Waals surface area contributed by atoms with E-state index < -0.39 is 5.41 Å². The number of piperidine rings is 1. The zero-order valence-corrected chi connectivity index (χ0v) is 19.3. The molecule has 6 heteroatoms. The van der Waals surface area contributed by atoms with Crippen molar-refractivity contribution in [3.63, 3.8) is 0 Å². The maximum atomic E-state index is 13.6. The van der Waals surface area contributed by atoms with E-state index in [2.05, 4.69) is 17.4 Å². The number of nitrogens with zero attached hydrogens (tertiary/aromatic N) is 2. The number of para-hydroxylation sites is 2. The number of anilines is 2. The molecule has 0 aliphatic carbocycles. The molecule has 3 aromatic rings. The molecule has 1 atom stereocenters. The van der Waals surface area contributed by atoms with Crippen LogP contribution in [0.5, 0.6) is 0 Å². The molecule has 2 aliphatic rings. The van der Waals surface area contributed by atoms with Gasteiger partial charge in [-0.05, 0) is 49.1 Å². The highest BCUT2D eigenvalue weighted by Gasteiger charge is 2.62. The Morgan fingerprint density at radius 1 is 0.939 bits per heavy atom. The molecule has 1 spiro atoms. The van der Waals surface area contributed by atoms with Gasteiger partial charge in [-0.3, -0.25) is 4.79 Å². The van der Waals surface area contributed by atoms with Crippen molar-refractivity contribution in [3.8, 4) is 0 Å². The number of carbonyl (C=O) groups excluding carboxylic acids is 2. The van der Waals surface area contributed by atoms with Gasteiger partial charge in [-0.2, -0.15) is 0 Å². The van der Waals surface area contributed by atoms with Crippen LogP contribution in [0.2, 0.25) is 5.02 Å². The summed E-state index contributed by atoms with van der Waals surface area (Å²) in [6, 6.07) is 25.4. The fourth-order valence-electron chi connectivity index (χ4n) is 5.19. The third-order valence-electron chi connectivity index (χ3n) is 6.97. The van der Waals surface area contributed by atoms with Crippen LogP contribution in [0.4, 0.5) is 16.2 Å². The third kappa shape index (κ3) is 3.66. The van der Waals surface area contributed by atoms with Gasteiger partial charge in [0.15, 0.2) is 0 Å². The normalized spacial score (nSPS) is 19.3. The molecular formula is C27H26ClN3O2. The first-order valence-electron chi connectivity index (χ1n) is 11.3. The van der Waals surface area contributed by atoms with E-state index in [9.17, 15) is 9.59 Å². The van der Waals surface area contributed by atoms with Gasteiger partial charge < -0.3 is 15.1 Å². The molecule has 2 aliphatic heterocycles. The number of likely N-dealkylation sites (tertiary alicyclic amines) is 1. The van der Waals surface area contributed by atoms with E-state index in [0.717, 1.165) is 16.8 Å². The van der Waals surface area contributed by atoms with Gasteiger partial charge in [0, 0.05) is 18.8 Å². The van der Waals surface area contributed by atoms with Crippen molar-refractivity contribution >= 4 is 34.9 Å². The van der Waals surface area contributed by atoms with E-state index in [1.807, 2.05) is 72.5 Å². The van der Waals surface area contributed by atoms with Crippen molar-refractivity contribution in [2.45, 2.75) is 25.8 Å². The molecular weight excluding hydrogens is 434 g/mol. The summed E-state index contributed by atoms with van der Waals surface area (Å²) in [6.45, 7) is 2.96. The van der Waals surface area contributed by atoms with E-state index in [4.69, 9.17) is 11.6 Å². The van der Waals surface area contributed by atoms with Gasteiger partial charge in [-0.25, -0.2) is 4.79 Å². The highest BCUT2D eigenvalue weighted by Crippen LogP contribution is 2.57. The summed E-state index contributed by atoms with van der Waals surface area (Å²) in [7, 11) is 0. The van der Waals surface area contributed by atoms with E-state index in [1.54, 1.807) is 11.0 Å². The lowest BCUT2D eigenvalue weighted by atomic mass is 9.62. The SMILES string of the molecule is Cc1cccc(Cl)c1NC(=O)N1CCC2(CC1)C(=O)N(c1ccccc1)C2c1ccccc1. The minimum atomic E-state index is -0.492. The van der Waals surface area contributed by atoms with Crippen LogP contribution in [0, 0.1) is 12.3 Å². The Morgan fingerprint density at radius 3 is 2.21 bits per heavy atom. The van der Waals surface area contributed by atoms with Gasteiger partial charge >= 0.3 is 6.03 Å². The van der Waals surface area contributed by atoms with Gasteiger partial charge in [0.05, 0.1) is 22.2 Å². The minimum absolute atomic E-state index is 0.0374. The zero-order chi connectivity index (χ0) is 23.0. The highest BCUT2D eigenvalue weighted by molar-refractivity contribution is 6.33. The van der Waals surface area contributed by atoms with E-state index in [1.165, 1.54) is 0 Å². The number of nitrogens with one attached hydrogen (secondary N) is 1. The molecule has 2 heterocycles. The molecule has 33 heavy (non-hydrogen) atoms. The molecule has 5 rings (SSSR count). The third-order valence-corrected chi connectivity index (χ3v) is 7.29. The maximum absolute atomic E-state index is 13.6. The van der Waals surface area contributed by atoms with Crippen LogP contribution < -0.4 is 10.2 Å². The Labute approximate surface area is 199 Å². The number of hydrogen-bond acceptors (Lipinski definition) is 2. The maximum Gasteiger partial charge on any atom is 0.321 e. The number of urea groups is 1. The van der Waals surface area contributed by atoms with Gasteiger partial charge in [-0.15, -0.1) is 0 Å². The lowest BCUT2D eigenvalue weighted by Crippen LogP contribution is -2.67. The molecule has 0 radical (unpaired) electrons. The van der Waals surface area contributed by atoms with Crippen LogP contribution in [0.1, 0.15) is 30.0 Å². The quantitative estimate of drug-likeness (QED) is 0.484. The number of carbonyl (C=O) groups is 2. The molecule has 5 nitrogen and oxygen atoms in total. The number of rotatable bonds is 3. The average Bonchev–Trinajstić information content (AvgIpc) is 2.85. The second kappa shape index (κ2) is 8.56. The summed E-state index contributed by atoms with van der Waals surface area (Å²) in [5.74, 6) is 0.143. The summed E-state index contributed by atoms with van der Waals surface area (Å²) >= 11 is 6.29. The first-order valence-corrected chi connectivity index (χ1v) is 11.6. The topological polar surface area (TPSA) is 52.7 Å². The Hall–Kier alpha value is -3.31. The Bertz CT molecular complexity index is 1150. The number of hydrogen-bond donors (Lipinski definition) is 1. The van der Waals surface area contributed by atoms with Crippen LogP contribution in [-0.4, -0.2) is 29.9 Å². The molecule has 2 saturated heterocycles. The summed E-state index contributed by atoms with van der Waals surface area (Å²) in [5, 5.41) is 3.48. The molecule has 0 saturated carbocycles. The predicted octanol–water partition coefficient (Wildman–Crippen LogP) is 6.05. The zero-order valence-electron chi connectivity index (χ0n) is 18.5. The number of halogens is 1. The van der Waals surface area contributed by atoms with Crippen molar-refractivity contribution < 1.29 is 9.59 Å². The largest absolute Gasteiger partial charge is 0.324 e. The second-order valence-electron chi connectivity index (χ2n) is 8.83. The van der Waals surface area contributed by atoms with Crippen LogP contribution in [-0.2, 0) is 4.79 Å². The van der Waals surface area contributed by atoms with Crippen LogP contribution in [0.15, 0.2) is 78.9 Å². The Kier molecular flexibility index (Phi) is 5.59. The minimum Gasteiger partial charge on any atom is -0.324 e. The average molecular weight is 460 g/mol. The molecule has 2 fully saturated rings. The highest BCUT2D eigenvalue weighted by atomic mass is 35.5. The fraction of sp³-hybridized carbons (Fsp3) is 0.259. The van der Waals surface area contributed by atoms with Crippen LogP contribution in [0.3, 0.4) is 0 Å². The van der Waals surface area contributed by atoms with Crippen molar-refractivity contribution in [1.29, 1.82) is 0 Å². The first-order chi connectivity index (χ1) is 16.0. The molecule has 3 amide bonds. The first kappa shape index (κ1) is 21.5. The van der Waals surface area contributed by atoms with Crippen molar-refractivity contribution in [3.05, 3.63) is 95.0 Å². The molecule has 0 aromatic heterocycles. The number of β-lactam (4-membered cyclic amide) rings is 1. The Morgan fingerprint density at radius 2 is 1.58 bits per heavy atom. The van der Waals surface area contributed by atoms with E-state index >= 15 is 0 Å². The van der Waals surface area contributed by atoms with Crippen molar-refractivity contribution in [2.24, 2.45) is 5.41 Å². The second-order valence-corrected chi connectivity index (χ2v) is 9.24. The molecule has 1 unspecified atom stereocenters. The van der Waals surface area contributed by atoms with Crippen molar-refractivity contribution in [2.75, 3.05) is 23.3 Å². The monoisotopic (exact) mass is 459 g/mol. The van der Waals surface area contributed by atoms with Gasteiger partial charge in [0.1, 0.15) is 0 Å². The lowest BCUT2D eigenvalue weighted by molar-refractivity contribution is -0.144. The van der Waals surface area contributed by atoms with Crippen LogP contribution in [0.25, 0.3) is 0 Å². The summed E-state index contributed by atoms with van der Waals surface area (Å²) in [5.41, 5.74) is 3.11. The molecule has 168 valence electrons. The molecule has 0 bridgehead atoms. The molecule has 3 aromatic carbocycles. The predicted molar refractivity (Wildman–Crippen MR) is 132 cm³/mol. The Balaban J connectivity index is 1.36. The van der Waals surface area contributed by atoms with Gasteiger partial charge in [-0.1, -0.05) is 72.3 Å².